The molecule has 1 aliphatic carbocycles. The molecule has 0 aromatic heterocycles. The molecular formula is C25H30N2O6. The predicted octanol–water partition coefficient (Wildman–Crippen LogP) is 3.16. The Kier molecular flexibility index (Phi) is 8.43. The van der Waals surface area contributed by atoms with Crippen LogP contribution in [0.2, 0.25) is 0 Å². The van der Waals surface area contributed by atoms with Crippen LogP contribution < -0.4 is 10.6 Å². The molecule has 0 saturated heterocycles. The number of rotatable bonds is 11. The Hall–Kier alpha value is -3.39. The SMILES string of the molecule is COCCCC(NC(=O)OCC1c2ccccc2-c2ccccc21)C(=O)NCC(C)C(=O)O. The Bertz CT molecular complexity index is 947. The van der Waals surface area contributed by atoms with E-state index in [0.29, 0.717) is 19.4 Å². The van der Waals surface area contributed by atoms with Crippen LogP contribution in [0.4, 0.5) is 4.79 Å². The van der Waals surface area contributed by atoms with Gasteiger partial charge in [-0.15, -0.1) is 0 Å². The van der Waals surface area contributed by atoms with Crippen LogP contribution in [-0.4, -0.2) is 56.0 Å². The maximum absolute atomic E-state index is 12.6. The standard InChI is InChI=1S/C25H30N2O6/c1-16(24(29)30)14-26-23(28)22(12-7-13-32-2)27-25(31)33-15-21-19-10-5-3-8-17(19)18-9-4-6-11-20(18)21/h3-6,8-11,16,21-22H,7,12-15H2,1-2H3,(H,26,28)(H,27,31)(H,29,30). The van der Waals surface area contributed by atoms with Gasteiger partial charge in [-0.25, -0.2) is 4.79 Å². The lowest BCUT2D eigenvalue weighted by Crippen LogP contribution is -2.48. The number of fused-ring (bicyclic) bond motifs is 3. The minimum Gasteiger partial charge on any atom is -0.481 e. The van der Waals surface area contributed by atoms with Gasteiger partial charge in [0.25, 0.3) is 0 Å². The molecule has 2 aromatic rings. The fourth-order valence-corrected chi connectivity index (χ4v) is 3.95. The Balaban J connectivity index is 1.62. The fourth-order valence-electron chi connectivity index (χ4n) is 3.95. The average Bonchev–Trinajstić information content (AvgIpc) is 3.14. The molecule has 2 amide bonds. The number of carbonyl (C=O) groups is 3. The van der Waals surface area contributed by atoms with Crippen molar-refractivity contribution in [3.63, 3.8) is 0 Å². The summed E-state index contributed by atoms with van der Waals surface area (Å²) in [5.41, 5.74) is 4.46. The molecule has 0 fully saturated rings. The van der Waals surface area contributed by atoms with E-state index in [1.165, 1.54) is 6.92 Å². The molecule has 3 rings (SSSR count). The van der Waals surface area contributed by atoms with E-state index in [2.05, 4.69) is 22.8 Å². The minimum atomic E-state index is -1.00. The Labute approximate surface area is 193 Å². The molecule has 2 unspecified atom stereocenters. The van der Waals surface area contributed by atoms with Gasteiger partial charge in [-0.05, 0) is 35.1 Å². The molecule has 0 radical (unpaired) electrons. The van der Waals surface area contributed by atoms with Crippen molar-refractivity contribution in [1.29, 1.82) is 0 Å². The predicted molar refractivity (Wildman–Crippen MR) is 123 cm³/mol. The highest BCUT2D eigenvalue weighted by atomic mass is 16.5. The first kappa shape index (κ1) is 24.3. The number of carboxylic acid groups (broad SMARTS) is 1. The summed E-state index contributed by atoms with van der Waals surface area (Å²) >= 11 is 0. The van der Waals surface area contributed by atoms with Crippen molar-refractivity contribution in [1.82, 2.24) is 10.6 Å². The molecule has 2 atom stereocenters. The first-order valence-electron chi connectivity index (χ1n) is 11.0. The van der Waals surface area contributed by atoms with Gasteiger partial charge in [0.2, 0.25) is 5.91 Å². The summed E-state index contributed by atoms with van der Waals surface area (Å²) in [6.07, 6.45) is 0.193. The average molecular weight is 455 g/mol. The van der Waals surface area contributed by atoms with Gasteiger partial charge in [-0.2, -0.15) is 0 Å². The Morgan fingerprint density at radius 2 is 1.64 bits per heavy atom. The van der Waals surface area contributed by atoms with E-state index in [1.807, 2.05) is 36.4 Å². The smallest absolute Gasteiger partial charge is 0.407 e. The maximum Gasteiger partial charge on any atom is 0.407 e. The molecule has 8 nitrogen and oxygen atoms in total. The largest absolute Gasteiger partial charge is 0.481 e. The summed E-state index contributed by atoms with van der Waals surface area (Å²) in [7, 11) is 1.56. The number of carboxylic acids is 1. The van der Waals surface area contributed by atoms with E-state index in [0.717, 1.165) is 22.3 Å². The molecule has 0 heterocycles. The zero-order chi connectivity index (χ0) is 23.8. The molecule has 8 heteroatoms. The Morgan fingerprint density at radius 3 is 2.21 bits per heavy atom. The summed E-state index contributed by atoms with van der Waals surface area (Å²) in [6.45, 7) is 2.05. The summed E-state index contributed by atoms with van der Waals surface area (Å²) in [4.78, 5) is 36.2. The summed E-state index contributed by atoms with van der Waals surface area (Å²) in [6, 6.07) is 15.2. The highest BCUT2D eigenvalue weighted by Crippen LogP contribution is 2.44. The second-order valence-electron chi connectivity index (χ2n) is 8.14. The first-order chi connectivity index (χ1) is 15.9. The van der Waals surface area contributed by atoms with Crippen LogP contribution in [0, 0.1) is 5.92 Å². The quantitative estimate of drug-likeness (QED) is 0.450. The van der Waals surface area contributed by atoms with Crippen LogP contribution in [0.5, 0.6) is 0 Å². The second kappa shape index (κ2) is 11.5. The molecule has 0 aliphatic heterocycles. The van der Waals surface area contributed by atoms with Crippen LogP contribution in [0.25, 0.3) is 11.1 Å². The topological polar surface area (TPSA) is 114 Å². The van der Waals surface area contributed by atoms with Crippen molar-refractivity contribution in [2.45, 2.75) is 31.7 Å². The first-order valence-corrected chi connectivity index (χ1v) is 11.0. The number of hydrogen-bond acceptors (Lipinski definition) is 5. The van der Waals surface area contributed by atoms with Crippen LogP contribution in [0.1, 0.15) is 36.8 Å². The molecular weight excluding hydrogens is 424 g/mol. The van der Waals surface area contributed by atoms with E-state index < -0.39 is 29.9 Å². The number of ether oxygens (including phenoxy) is 2. The van der Waals surface area contributed by atoms with Gasteiger partial charge in [0, 0.05) is 26.2 Å². The number of carbonyl (C=O) groups excluding carboxylic acids is 2. The van der Waals surface area contributed by atoms with E-state index in [1.54, 1.807) is 7.11 Å². The normalized spacial score (nSPS) is 14.0. The van der Waals surface area contributed by atoms with Gasteiger partial charge < -0.3 is 25.2 Å². The van der Waals surface area contributed by atoms with E-state index in [9.17, 15) is 14.4 Å². The van der Waals surface area contributed by atoms with Crippen molar-refractivity contribution >= 4 is 18.0 Å². The van der Waals surface area contributed by atoms with Crippen molar-refractivity contribution in [3.05, 3.63) is 59.7 Å². The van der Waals surface area contributed by atoms with Crippen molar-refractivity contribution < 1.29 is 29.0 Å². The minimum absolute atomic E-state index is 0.0265. The highest BCUT2D eigenvalue weighted by Gasteiger charge is 2.30. The Morgan fingerprint density at radius 1 is 1.03 bits per heavy atom. The third-order valence-electron chi connectivity index (χ3n) is 5.80. The zero-order valence-corrected chi connectivity index (χ0v) is 18.9. The summed E-state index contributed by atoms with van der Waals surface area (Å²) in [5.74, 6) is -2.27. The van der Waals surface area contributed by atoms with Crippen molar-refractivity contribution in [2.24, 2.45) is 5.92 Å². The molecule has 33 heavy (non-hydrogen) atoms. The van der Waals surface area contributed by atoms with E-state index >= 15 is 0 Å². The monoisotopic (exact) mass is 454 g/mol. The van der Waals surface area contributed by atoms with E-state index in [4.69, 9.17) is 14.6 Å². The third-order valence-corrected chi connectivity index (χ3v) is 5.80. The lowest BCUT2D eigenvalue weighted by Gasteiger charge is -2.20. The fraction of sp³-hybridized carbons (Fsp3) is 0.400. The number of benzene rings is 2. The maximum atomic E-state index is 12.6. The van der Waals surface area contributed by atoms with Gasteiger partial charge in [0.05, 0.1) is 5.92 Å². The zero-order valence-electron chi connectivity index (χ0n) is 18.9. The molecule has 176 valence electrons. The molecule has 1 aliphatic rings. The molecule has 0 bridgehead atoms. The van der Waals surface area contributed by atoms with Gasteiger partial charge >= 0.3 is 12.1 Å². The summed E-state index contributed by atoms with van der Waals surface area (Å²) < 4.78 is 10.6. The van der Waals surface area contributed by atoms with Crippen LogP contribution in [0.3, 0.4) is 0 Å². The van der Waals surface area contributed by atoms with Crippen LogP contribution >= 0.6 is 0 Å². The number of methoxy groups -OCH3 is 1. The van der Waals surface area contributed by atoms with Crippen molar-refractivity contribution in [2.75, 3.05) is 26.9 Å². The molecule has 0 saturated carbocycles. The van der Waals surface area contributed by atoms with Crippen molar-refractivity contribution in [3.8, 4) is 11.1 Å². The summed E-state index contributed by atoms with van der Waals surface area (Å²) in [5, 5.41) is 14.2. The van der Waals surface area contributed by atoms with Crippen LogP contribution in [0.15, 0.2) is 48.5 Å². The lowest BCUT2D eigenvalue weighted by atomic mass is 9.98. The molecule has 0 spiro atoms. The van der Waals surface area contributed by atoms with Gasteiger partial charge in [0.15, 0.2) is 0 Å². The third kappa shape index (κ3) is 6.10. The number of alkyl carbamates (subject to hydrolysis) is 1. The van der Waals surface area contributed by atoms with Crippen LogP contribution in [-0.2, 0) is 19.1 Å². The number of nitrogens with one attached hydrogen (secondary N) is 2. The lowest BCUT2D eigenvalue weighted by molar-refractivity contribution is -0.141. The van der Waals surface area contributed by atoms with Gasteiger partial charge in [-0.3, -0.25) is 9.59 Å². The second-order valence-corrected chi connectivity index (χ2v) is 8.14. The van der Waals surface area contributed by atoms with Gasteiger partial charge in [-0.1, -0.05) is 55.5 Å². The number of amides is 2. The highest BCUT2D eigenvalue weighted by molar-refractivity contribution is 5.86. The molecule has 3 N–H and O–H groups in total. The number of hydrogen-bond donors (Lipinski definition) is 3. The molecule has 2 aromatic carbocycles. The van der Waals surface area contributed by atoms with E-state index in [-0.39, 0.29) is 19.1 Å². The van der Waals surface area contributed by atoms with Gasteiger partial charge in [0.1, 0.15) is 12.6 Å². The number of aliphatic carboxylic acids is 1.